The van der Waals surface area contributed by atoms with E-state index in [4.69, 9.17) is 27.9 Å². The van der Waals surface area contributed by atoms with Gasteiger partial charge in [-0.2, -0.15) is 0 Å². The average molecular weight is 438 g/mol. The summed E-state index contributed by atoms with van der Waals surface area (Å²) in [5.41, 5.74) is 0.881. The van der Waals surface area contributed by atoms with Crippen LogP contribution in [-0.4, -0.2) is 49.9 Å². The third-order valence-electron chi connectivity index (χ3n) is 5.22. The second-order valence-corrected chi connectivity index (χ2v) is 7.94. The van der Waals surface area contributed by atoms with Gasteiger partial charge in [-0.05, 0) is 17.7 Å². The predicted molar refractivity (Wildman–Crippen MR) is 112 cm³/mol. The molecule has 1 fully saturated rings. The van der Waals surface area contributed by atoms with Gasteiger partial charge in [0.05, 0.1) is 29.8 Å². The molecule has 2 aromatic heterocycles. The highest BCUT2D eigenvalue weighted by Crippen LogP contribution is 2.24. The lowest BCUT2D eigenvalue weighted by Gasteiger charge is -2.26. The molecule has 0 radical (unpaired) electrons. The Labute approximate surface area is 176 Å². The first-order valence-corrected chi connectivity index (χ1v) is 10.0. The van der Waals surface area contributed by atoms with Gasteiger partial charge >= 0.3 is 5.69 Å². The van der Waals surface area contributed by atoms with Crippen molar-refractivity contribution in [1.82, 2.24) is 23.6 Å². The van der Waals surface area contributed by atoms with Crippen molar-refractivity contribution < 1.29 is 4.74 Å². The summed E-state index contributed by atoms with van der Waals surface area (Å²) in [7, 11) is 3.10. The molecule has 0 spiro atoms. The number of aryl methyl sites for hydroxylation is 1. The molecule has 3 heterocycles. The van der Waals surface area contributed by atoms with E-state index in [-0.39, 0.29) is 5.56 Å². The number of hydrogen-bond donors (Lipinski definition) is 0. The molecule has 1 aliphatic rings. The van der Waals surface area contributed by atoms with Gasteiger partial charge < -0.3 is 9.30 Å². The lowest BCUT2D eigenvalue weighted by atomic mass is 10.2. The smallest absolute Gasteiger partial charge is 0.332 e. The Morgan fingerprint density at radius 2 is 1.76 bits per heavy atom. The standard InChI is InChI=1S/C19H21Cl2N5O3/c1-23-17-16(18(27)24(2)19(23)28)26(10-12-3-4-13(20)14(21)9-12)15(22-17)11-25-5-7-29-8-6-25/h3-4,9H,5-8,10-11H2,1-2H3. The summed E-state index contributed by atoms with van der Waals surface area (Å²) < 4.78 is 9.80. The van der Waals surface area contributed by atoms with E-state index < -0.39 is 5.69 Å². The number of ether oxygens (including phenoxy) is 1. The zero-order valence-corrected chi connectivity index (χ0v) is 17.7. The van der Waals surface area contributed by atoms with Gasteiger partial charge in [-0.3, -0.25) is 18.8 Å². The molecule has 0 N–H and O–H groups in total. The maximum atomic E-state index is 12.9. The Morgan fingerprint density at radius 3 is 2.45 bits per heavy atom. The Bertz CT molecular complexity index is 1190. The van der Waals surface area contributed by atoms with E-state index >= 15 is 0 Å². The highest BCUT2D eigenvalue weighted by atomic mass is 35.5. The van der Waals surface area contributed by atoms with Crippen LogP contribution in [-0.2, 0) is 31.9 Å². The Balaban J connectivity index is 1.88. The topological polar surface area (TPSA) is 74.3 Å². The molecule has 0 saturated carbocycles. The molecule has 1 saturated heterocycles. The van der Waals surface area contributed by atoms with Crippen molar-refractivity contribution in [3.63, 3.8) is 0 Å². The molecule has 4 rings (SSSR count). The van der Waals surface area contributed by atoms with Crippen LogP contribution in [0.3, 0.4) is 0 Å². The summed E-state index contributed by atoms with van der Waals surface area (Å²) >= 11 is 12.2. The maximum absolute atomic E-state index is 12.9. The van der Waals surface area contributed by atoms with Crippen LogP contribution in [0.4, 0.5) is 0 Å². The van der Waals surface area contributed by atoms with E-state index in [1.54, 1.807) is 19.2 Å². The fourth-order valence-corrected chi connectivity index (χ4v) is 3.88. The van der Waals surface area contributed by atoms with Crippen LogP contribution in [0.15, 0.2) is 27.8 Å². The Hall–Kier alpha value is -2.13. The molecule has 0 unspecified atom stereocenters. The SMILES string of the molecule is Cn1c(=O)c2c(nc(CN3CCOCC3)n2Cc2ccc(Cl)c(Cl)c2)n(C)c1=O. The van der Waals surface area contributed by atoms with Gasteiger partial charge in [-0.15, -0.1) is 0 Å². The van der Waals surface area contributed by atoms with Gasteiger partial charge in [0.25, 0.3) is 5.56 Å². The van der Waals surface area contributed by atoms with E-state index in [9.17, 15) is 9.59 Å². The van der Waals surface area contributed by atoms with Gasteiger partial charge in [0.1, 0.15) is 5.82 Å². The minimum atomic E-state index is -0.403. The monoisotopic (exact) mass is 437 g/mol. The lowest BCUT2D eigenvalue weighted by molar-refractivity contribution is 0.0327. The fraction of sp³-hybridized carbons (Fsp3) is 0.421. The minimum absolute atomic E-state index is 0.371. The van der Waals surface area contributed by atoms with Gasteiger partial charge in [0, 0.05) is 33.7 Å². The zero-order valence-electron chi connectivity index (χ0n) is 16.2. The van der Waals surface area contributed by atoms with Gasteiger partial charge in [0.15, 0.2) is 11.2 Å². The summed E-state index contributed by atoms with van der Waals surface area (Å²) in [6.45, 7) is 3.83. The van der Waals surface area contributed by atoms with E-state index in [2.05, 4.69) is 9.88 Å². The molecule has 154 valence electrons. The average Bonchev–Trinajstić information content (AvgIpc) is 3.06. The number of benzene rings is 1. The van der Waals surface area contributed by atoms with E-state index in [1.807, 2.05) is 10.6 Å². The lowest BCUT2D eigenvalue weighted by Crippen LogP contribution is -2.38. The third kappa shape index (κ3) is 3.73. The van der Waals surface area contributed by atoms with Crippen molar-refractivity contribution in [3.8, 4) is 0 Å². The predicted octanol–water partition coefficient (Wildman–Crippen LogP) is 1.62. The summed E-state index contributed by atoms with van der Waals surface area (Å²) in [5.74, 6) is 0.714. The highest BCUT2D eigenvalue weighted by Gasteiger charge is 2.22. The molecule has 10 heteroatoms. The number of aromatic nitrogens is 4. The van der Waals surface area contributed by atoms with Gasteiger partial charge in [-0.25, -0.2) is 9.78 Å². The molecule has 29 heavy (non-hydrogen) atoms. The van der Waals surface area contributed by atoms with Crippen molar-refractivity contribution in [2.75, 3.05) is 26.3 Å². The third-order valence-corrected chi connectivity index (χ3v) is 5.96. The first-order chi connectivity index (χ1) is 13.9. The zero-order chi connectivity index (χ0) is 20.7. The maximum Gasteiger partial charge on any atom is 0.332 e. The Kier molecular flexibility index (Phi) is 5.52. The summed E-state index contributed by atoms with van der Waals surface area (Å²) in [4.78, 5) is 32.2. The van der Waals surface area contributed by atoms with Crippen molar-refractivity contribution in [2.24, 2.45) is 14.1 Å². The summed E-state index contributed by atoms with van der Waals surface area (Å²) in [6.07, 6.45) is 0. The van der Waals surface area contributed by atoms with E-state index in [1.165, 1.54) is 11.6 Å². The molecule has 3 aromatic rings. The molecule has 0 bridgehead atoms. The number of fused-ring (bicyclic) bond motifs is 1. The molecule has 0 aliphatic carbocycles. The van der Waals surface area contributed by atoms with Crippen LogP contribution in [0.2, 0.25) is 10.0 Å². The quantitative estimate of drug-likeness (QED) is 0.619. The first-order valence-electron chi connectivity index (χ1n) is 9.26. The fourth-order valence-electron chi connectivity index (χ4n) is 3.56. The summed E-state index contributed by atoms with van der Waals surface area (Å²) in [5, 5.41) is 0.918. The minimum Gasteiger partial charge on any atom is -0.379 e. The number of nitrogens with zero attached hydrogens (tertiary/aromatic N) is 5. The number of hydrogen-bond acceptors (Lipinski definition) is 5. The molecule has 1 aromatic carbocycles. The van der Waals surface area contributed by atoms with Crippen molar-refractivity contribution in [2.45, 2.75) is 13.1 Å². The van der Waals surface area contributed by atoms with Gasteiger partial charge in [-0.1, -0.05) is 29.3 Å². The van der Waals surface area contributed by atoms with Crippen molar-refractivity contribution >= 4 is 34.4 Å². The molecule has 8 nitrogen and oxygen atoms in total. The number of halogens is 2. The van der Waals surface area contributed by atoms with E-state index in [0.717, 1.165) is 23.2 Å². The molecule has 0 atom stereocenters. The van der Waals surface area contributed by atoms with E-state index in [0.29, 0.717) is 53.3 Å². The Morgan fingerprint density at radius 1 is 1.03 bits per heavy atom. The van der Waals surface area contributed by atoms with Crippen LogP contribution in [0.5, 0.6) is 0 Å². The first kappa shape index (κ1) is 20.2. The molecular formula is C19H21Cl2N5O3. The highest BCUT2D eigenvalue weighted by molar-refractivity contribution is 6.42. The second-order valence-electron chi connectivity index (χ2n) is 7.13. The molecule has 0 amide bonds. The van der Waals surface area contributed by atoms with Crippen LogP contribution in [0, 0.1) is 0 Å². The van der Waals surface area contributed by atoms with Crippen LogP contribution in [0.1, 0.15) is 11.4 Å². The van der Waals surface area contributed by atoms with Crippen molar-refractivity contribution in [1.29, 1.82) is 0 Å². The van der Waals surface area contributed by atoms with Crippen LogP contribution < -0.4 is 11.2 Å². The number of imidazole rings is 1. The van der Waals surface area contributed by atoms with Gasteiger partial charge in [0.2, 0.25) is 0 Å². The normalized spacial score (nSPS) is 15.3. The van der Waals surface area contributed by atoms with Crippen LogP contribution in [0.25, 0.3) is 11.2 Å². The van der Waals surface area contributed by atoms with Crippen molar-refractivity contribution in [3.05, 3.63) is 60.5 Å². The largest absolute Gasteiger partial charge is 0.379 e. The number of morpholine rings is 1. The molecule has 1 aliphatic heterocycles. The summed E-state index contributed by atoms with van der Waals surface area (Å²) in [6, 6.07) is 5.37. The molecular weight excluding hydrogens is 417 g/mol. The van der Waals surface area contributed by atoms with Crippen LogP contribution >= 0.6 is 23.2 Å². The number of rotatable bonds is 4. The second kappa shape index (κ2) is 7.95.